The SMILES string of the molecule is Cc1ccc(NC(=O)c2ccc(C#N)cn2)c(C)n1. The Balaban J connectivity index is 2.18. The second kappa shape index (κ2) is 5.27. The van der Waals surface area contributed by atoms with Crippen molar-refractivity contribution in [1.82, 2.24) is 9.97 Å². The largest absolute Gasteiger partial charge is 0.319 e. The second-order valence-corrected chi connectivity index (χ2v) is 4.08. The fourth-order valence-electron chi connectivity index (χ4n) is 1.60. The van der Waals surface area contributed by atoms with Crippen LogP contribution in [0.1, 0.15) is 27.4 Å². The van der Waals surface area contributed by atoms with Gasteiger partial charge in [-0.25, -0.2) is 4.98 Å². The monoisotopic (exact) mass is 252 g/mol. The maximum absolute atomic E-state index is 12.0. The van der Waals surface area contributed by atoms with Gasteiger partial charge >= 0.3 is 0 Å². The van der Waals surface area contributed by atoms with E-state index in [4.69, 9.17) is 5.26 Å². The molecule has 1 N–H and O–H groups in total. The van der Waals surface area contributed by atoms with Crippen LogP contribution in [0.5, 0.6) is 0 Å². The highest BCUT2D eigenvalue weighted by Crippen LogP contribution is 2.13. The van der Waals surface area contributed by atoms with E-state index in [-0.39, 0.29) is 11.6 Å². The van der Waals surface area contributed by atoms with E-state index >= 15 is 0 Å². The summed E-state index contributed by atoms with van der Waals surface area (Å²) in [6.45, 7) is 3.72. The van der Waals surface area contributed by atoms with Crippen LogP contribution >= 0.6 is 0 Å². The third kappa shape index (κ3) is 2.93. The molecule has 2 rings (SSSR count). The van der Waals surface area contributed by atoms with E-state index in [2.05, 4.69) is 15.3 Å². The molecular formula is C14H12N4O. The normalized spacial score (nSPS) is 9.74. The number of anilines is 1. The molecule has 0 radical (unpaired) electrons. The van der Waals surface area contributed by atoms with Gasteiger partial charge in [-0.3, -0.25) is 9.78 Å². The average molecular weight is 252 g/mol. The van der Waals surface area contributed by atoms with E-state index in [9.17, 15) is 4.79 Å². The lowest BCUT2D eigenvalue weighted by atomic mass is 10.2. The van der Waals surface area contributed by atoms with Gasteiger partial charge in [-0.1, -0.05) is 0 Å². The summed E-state index contributed by atoms with van der Waals surface area (Å²) in [7, 11) is 0. The summed E-state index contributed by atoms with van der Waals surface area (Å²) >= 11 is 0. The van der Waals surface area contributed by atoms with Crippen molar-refractivity contribution in [3.63, 3.8) is 0 Å². The number of aryl methyl sites for hydroxylation is 2. The Morgan fingerprint density at radius 1 is 1.26 bits per heavy atom. The van der Waals surface area contributed by atoms with Gasteiger partial charge in [0.15, 0.2) is 0 Å². The molecule has 0 aliphatic heterocycles. The molecule has 94 valence electrons. The third-order valence-corrected chi connectivity index (χ3v) is 2.60. The van der Waals surface area contributed by atoms with Crippen molar-refractivity contribution < 1.29 is 4.79 Å². The highest BCUT2D eigenvalue weighted by Gasteiger charge is 2.09. The maximum Gasteiger partial charge on any atom is 0.274 e. The Labute approximate surface area is 110 Å². The molecule has 19 heavy (non-hydrogen) atoms. The number of rotatable bonds is 2. The molecular weight excluding hydrogens is 240 g/mol. The summed E-state index contributed by atoms with van der Waals surface area (Å²) in [4.78, 5) is 20.2. The number of pyridine rings is 2. The van der Waals surface area contributed by atoms with Gasteiger partial charge in [0, 0.05) is 11.9 Å². The van der Waals surface area contributed by atoms with Gasteiger partial charge in [0.05, 0.1) is 16.9 Å². The molecule has 0 atom stereocenters. The smallest absolute Gasteiger partial charge is 0.274 e. The van der Waals surface area contributed by atoms with Crippen molar-refractivity contribution in [3.05, 3.63) is 53.1 Å². The van der Waals surface area contributed by atoms with Crippen molar-refractivity contribution >= 4 is 11.6 Å². The Kier molecular flexibility index (Phi) is 3.53. The fourth-order valence-corrected chi connectivity index (χ4v) is 1.60. The molecule has 2 aromatic heterocycles. The number of aromatic nitrogens is 2. The zero-order valence-electron chi connectivity index (χ0n) is 10.6. The number of carbonyl (C=O) groups excluding carboxylic acids is 1. The first kappa shape index (κ1) is 12.7. The summed E-state index contributed by atoms with van der Waals surface area (Å²) in [5.41, 5.74) is 2.99. The predicted octanol–water partition coefficient (Wildman–Crippen LogP) is 2.22. The summed E-state index contributed by atoms with van der Waals surface area (Å²) in [6, 6.07) is 8.66. The summed E-state index contributed by atoms with van der Waals surface area (Å²) in [5, 5.41) is 11.4. The van der Waals surface area contributed by atoms with Gasteiger partial charge in [0.2, 0.25) is 0 Å². The summed E-state index contributed by atoms with van der Waals surface area (Å²) in [5.74, 6) is -0.321. The molecule has 0 fully saturated rings. The first-order valence-corrected chi connectivity index (χ1v) is 5.72. The number of carbonyl (C=O) groups is 1. The fraction of sp³-hybridized carbons (Fsp3) is 0.143. The molecule has 5 heteroatoms. The van der Waals surface area contributed by atoms with E-state index < -0.39 is 0 Å². The Morgan fingerprint density at radius 2 is 2.05 bits per heavy atom. The van der Waals surface area contributed by atoms with Crippen molar-refractivity contribution in [3.8, 4) is 6.07 Å². The first-order chi connectivity index (χ1) is 9.10. The van der Waals surface area contributed by atoms with Crippen molar-refractivity contribution in [1.29, 1.82) is 5.26 Å². The zero-order valence-corrected chi connectivity index (χ0v) is 10.6. The Morgan fingerprint density at radius 3 is 2.63 bits per heavy atom. The van der Waals surface area contributed by atoms with E-state index in [1.807, 2.05) is 26.0 Å². The molecule has 0 aliphatic rings. The van der Waals surface area contributed by atoms with Crippen LogP contribution in [0.25, 0.3) is 0 Å². The zero-order chi connectivity index (χ0) is 13.8. The Bertz CT molecular complexity index is 656. The molecule has 2 aromatic rings. The molecule has 0 unspecified atom stereocenters. The number of amides is 1. The van der Waals surface area contributed by atoms with Crippen LogP contribution in [0.15, 0.2) is 30.5 Å². The summed E-state index contributed by atoms with van der Waals surface area (Å²) < 4.78 is 0. The number of nitriles is 1. The molecule has 0 aromatic carbocycles. The standard InChI is InChI=1S/C14H12N4O/c1-9-3-5-12(10(2)17-9)18-14(19)13-6-4-11(7-15)8-16-13/h3-6,8H,1-2H3,(H,18,19). The van der Waals surface area contributed by atoms with E-state index in [0.29, 0.717) is 11.3 Å². The van der Waals surface area contributed by atoms with Crippen LogP contribution in [-0.4, -0.2) is 15.9 Å². The minimum Gasteiger partial charge on any atom is -0.319 e. The number of hydrogen-bond donors (Lipinski definition) is 1. The van der Waals surface area contributed by atoms with Gasteiger partial charge < -0.3 is 5.32 Å². The predicted molar refractivity (Wildman–Crippen MR) is 70.6 cm³/mol. The lowest BCUT2D eigenvalue weighted by molar-refractivity contribution is 0.102. The quantitative estimate of drug-likeness (QED) is 0.888. The number of nitrogens with one attached hydrogen (secondary N) is 1. The Hall–Kier alpha value is -2.74. The van der Waals surface area contributed by atoms with Crippen LogP contribution < -0.4 is 5.32 Å². The van der Waals surface area contributed by atoms with Gasteiger partial charge in [0.1, 0.15) is 11.8 Å². The minimum absolute atomic E-state index is 0.263. The highest BCUT2D eigenvalue weighted by molar-refractivity contribution is 6.03. The molecule has 1 amide bonds. The molecule has 0 aliphatic carbocycles. The number of nitrogens with zero attached hydrogens (tertiary/aromatic N) is 3. The number of hydrogen-bond acceptors (Lipinski definition) is 4. The van der Waals surface area contributed by atoms with Crippen LogP contribution in [0.2, 0.25) is 0 Å². The molecule has 2 heterocycles. The van der Waals surface area contributed by atoms with Crippen LogP contribution in [0.4, 0.5) is 5.69 Å². The van der Waals surface area contributed by atoms with Gasteiger partial charge in [-0.15, -0.1) is 0 Å². The van der Waals surface area contributed by atoms with E-state index in [0.717, 1.165) is 11.4 Å². The lowest BCUT2D eigenvalue weighted by Gasteiger charge is -2.07. The first-order valence-electron chi connectivity index (χ1n) is 5.72. The topological polar surface area (TPSA) is 78.7 Å². The molecule has 0 bridgehead atoms. The van der Waals surface area contributed by atoms with Crippen LogP contribution in [0.3, 0.4) is 0 Å². The van der Waals surface area contributed by atoms with Crippen molar-refractivity contribution in [2.75, 3.05) is 5.32 Å². The minimum atomic E-state index is -0.321. The molecule has 0 spiro atoms. The van der Waals surface area contributed by atoms with Crippen molar-refractivity contribution in [2.24, 2.45) is 0 Å². The summed E-state index contributed by atoms with van der Waals surface area (Å²) in [6.07, 6.45) is 1.37. The molecule has 5 nitrogen and oxygen atoms in total. The highest BCUT2D eigenvalue weighted by atomic mass is 16.1. The molecule has 0 saturated carbocycles. The van der Waals surface area contributed by atoms with Crippen LogP contribution in [0, 0.1) is 25.2 Å². The van der Waals surface area contributed by atoms with Gasteiger partial charge in [-0.2, -0.15) is 5.26 Å². The average Bonchev–Trinajstić information content (AvgIpc) is 2.42. The second-order valence-electron chi connectivity index (χ2n) is 4.08. The van der Waals surface area contributed by atoms with Gasteiger partial charge in [0.25, 0.3) is 5.91 Å². The third-order valence-electron chi connectivity index (χ3n) is 2.60. The van der Waals surface area contributed by atoms with E-state index in [1.54, 1.807) is 12.1 Å². The molecule has 0 saturated heterocycles. The van der Waals surface area contributed by atoms with E-state index in [1.165, 1.54) is 12.3 Å². The maximum atomic E-state index is 12.0. The lowest BCUT2D eigenvalue weighted by Crippen LogP contribution is -2.14. The van der Waals surface area contributed by atoms with Gasteiger partial charge in [-0.05, 0) is 38.1 Å². The van der Waals surface area contributed by atoms with Crippen molar-refractivity contribution in [2.45, 2.75) is 13.8 Å². The van der Waals surface area contributed by atoms with Crippen LogP contribution in [-0.2, 0) is 0 Å².